The van der Waals surface area contributed by atoms with E-state index in [4.69, 9.17) is 10.7 Å². The molecule has 1 saturated heterocycles. The summed E-state index contributed by atoms with van der Waals surface area (Å²) in [6.45, 7) is 10.3. The SMILES string of the molecule is CCc1nc2cc(N)ccc2n1CC1CCN(C(C)C)C1. The van der Waals surface area contributed by atoms with Crippen LogP contribution in [0.1, 0.15) is 33.0 Å². The van der Waals surface area contributed by atoms with Crippen molar-refractivity contribution >= 4 is 16.7 Å². The first-order chi connectivity index (χ1) is 10.1. The zero-order valence-corrected chi connectivity index (χ0v) is 13.3. The molecule has 2 N–H and O–H groups in total. The van der Waals surface area contributed by atoms with E-state index in [1.807, 2.05) is 12.1 Å². The molecule has 1 fully saturated rings. The first-order valence-corrected chi connectivity index (χ1v) is 8.07. The number of rotatable bonds is 4. The second-order valence-corrected chi connectivity index (χ2v) is 6.48. The quantitative estimate of drug-likeness (QED) is 0.879. The highest BCUT2D eigenvalue weighted by Crippen LogP contribution is 2.25. The molecule has 1 aromatic carbocycles. The molecule has 4 heteroatoms. The number of anilines is 1. The Labute approximate surface area is 126 Å². The normalized spacial score (nSPS) is 19.9. The fourth-order valence-corrected chi connectivity index (χ4v) is 3.41. The van der Waals surface area contributed by atoms with Crippen LogP contribution in [0.5, 0.6) is 0 Å². The number of fused-ring (bicyclic) bond motifs is 1. The molecule has 1 aromatic heterocycles. The van der Waals surface area contributed by atoms with Gasteiger partial charge < -0.3 is 15.2 Å². The average molecular weight is 286 g/mol. The molecule has 0 amide bonds. The van der Waals surface area contributed by atoms with Crippen molar-refractivity contribution < 1.29 is 0 Å². The van der Waals surface area contributed by atoms with Crippen LogP contribution in [-0.4, -0.2) is 33.6 Å². The molecule has 114 valence electrons. The molecule has 1 atom stereocenters. The Balaban J connectivity index is 1.86. The molecule has 0 bridgehead atoms. The Morgan fingerprint density at radius 1 is 1.38 bits per heavy atom. The topological polar surface area (TPSA) is 47.1 Å². The fraction of sp³-hybridized carbons (Fsp3) is 0.588. The van der Waals surface area contributed by atoms with E-state index in [0.29, 0.717) is 6.04 Å². The van der Waals surface area contributed by atoms with E-state index in [1.54, 1.807) is 0 Å². The molecule has 1 aliphatic heterocycles. The largest absolute Gasteiger partial charge is 0.399 e. The van der Waals surface area contributed by atoms with Crippen LogP contribution in [0.4, 0.5) is 5.69 Å². The van der Waals surface area contributed by atoms with Crippen molar-refractivity contribution in [3.8, 4) is 0 Å². The standard InChI is InChI=1S/C17H26N4/c1-4-17-19-15-9-14(18)5-6-16(15)21(17)11-13-7-8-20(10-13)12(2)3/h5-6,9,12-13H,4,7-8,10-11,18H2,1-3H3. The average Bonchev–Trinajstić information content (AvgIpc) is 3.04. The maximum Gasteiger partial charge on any atom is 0.109 e. The predicted octanol–water partition coefficient (Wildman–Crippen LogP) is 2.91. The van der Waals surface area contributed by atoms with Crippen LogP contribution < -0.4 is 5.73 Å². The third-order valence-corrected chi connectivity index (χ3v) is 4.66. The number of aromatic nitrogens is 2. The number of benzene rings is 1. The minimum atomic E-state index is 0.653. The predicted molar refractivity (Wildman–Crippen MR) is 88.3 cm³/mol. The van der Waals surface area contributed by atoms with Gasteiger partial charge in [0.1, 0.15) is 5.82 Å². The van der Waals surface area contributed by atoms with Gasteiger partial charge in [-0.2, -0.15) is 0 Å². The lowest BCUT2D eigenvalue weighted by Gasteiger charge is -2.20. The van der Waals surface area contributed by atoms with Gasteiger partial charge in [-0.05, 0) is 50.9 Å². The van der Waals surface area contributed by atoms with Gasteiger partial charge in [0.15, 0.2) is 0 Å². The van der Waals surface area contributed by atoms with Crippen molar-refractivity contribution in [3.05, 3.63) is 24.0 Å². The number of hydrogen-bond donors (Lipinski definition) is 1. The Morgan fingerprint density at radius 3 is 2.86 bits per heavy atom. The molecule has 0 spiro atoms. The summed E-state index contributed by atoms with van der Waals surface area (Å²) in [7, 11) is 0. The molecule has 0 aliphatic carbocycles. The molecule has 0 radical (unpaired) electrons. The van der Waals surface area contributed by atoms with Crippen molar-refractivity contribution in [2.45, 2.75) is 46.2 Å². The van der Waals surface area contributed by atoms with Crippen LogP contribution in [0, 0.1) is 5.92 Å². The van der Waals surface area contributed by atoms with Gasteiger partial charge in [-0.3, -0.25) is 0 Å². The molecular formula is C17H26N4. The number of nitrogen functional groups attached to an aromatic ring is 1. The van der Waals surface area contributed by atoms with Gasteiger partial charge in [0.2, 0.25) is 0 Å². The monoisotopic (exact) mass is 286 g/mol. The van der Waals surface area contributed by atoms with E-state index >= 15 is 0 Å². The summed E-state index contributed by atoms with van der Waals surface area (Å²) < 4.78 is 2.41. The smallest absolute Gasteiger partial charge is 0.109 e. The maximum absolute atomic E-state index is 5.88. The highest BCUT2D eigenvalue weighted by Gasteiger charge is 2.25. The van der Waals surface area contributed by atoms with Crippen molar-refractivity contribution in [2.24, 2.45) is 5.92 Å². The fourth-order valence-electron chi connectivity index (χ4n) is 3.41. The lowest BCUT2D eigenvalue weighted by molar-refractivity contribution is 0.261. The molecule has 1 unspecified atom stereocenters. The second-order valence-electron chi connectivity index (χ2n) is 6.48. The van der Waals surface area contributed by atoms with Crippen LogP contribution in [0.15, 0.2) is 18.2 Å². The van der Waals surface area contributed by atoms with Crippen molar-refractivity contribution in [2.75, 3.05) is 18.8 Å². The number of aryl methyl sites for hydroxylation is 1. The summed E-state index contributed by atoms with van der Waals surface area (Å²) in [5.74, 6) is 1.91. The van der Waals surface area contributed by atoms with Crippen LogP contribution in [0.3, 0.4) is 0 Å². The van der Waals surface area contributed by atoms with Gasteiger partial charge in [-0.1, -0.05) is 6.92 Å². The van der Waals surface area contributed by atoms with Crippen LogP contribution in [0.25, 0.3) is 11.0 Å². The Bertz CT molecular complexity index is 629. The molecule has 2 aromatic rings. The molecule has 4 nitrogen and oxygen atoms in total. The molecule has 0 saturated carbocycles. The molecule has 3 rings (SSSR count). The molecule has 2 heterocycles. The third kappa shape index (κ3) is 2.77. The highest BCUT2D eigenvalue weighted by atomic mass is 15.2. The maximum atomic E-state index is 5.88. The highest BCUT2D eigenvalue weighted by molar-refractivity contribution is 5.79. The third-order valence-electron chi connectivity index (χ3n) is 4.66. The summed E-state index contributed by atoms with van der Waals surface area (Å²) in [6.07, 6.45) is 2.26. The Morgan fingerprint density at radius 2 is 2.19 bits per heavy atom. The minimum absolute atomic E-state index is 0.653. The number of imidazole rings is 1. The minimum Gasteiger partial charge on any atom is -0.399 e. The summed E-state index contributed by atoms with van der Waals surface area (Å²) in [5.41, 5.74) is 8.94. The zero-order chi connectivity index (χ0) is 15.0. The Kier molecular flexibility index (Phi) is 3.89. The summed E-state index contributed by atoms with van der Waals surface area (Å²) >= 11 is 0. The number of likely N-dealkylation sites (tertiary alicyclic amines) is 1. The van der Waals surface area contributed by atoms with Crippen molar-refractivity contribution in [1.29, 1.82) is 0 Å². The summed E-state index contributed by atoms with van der Waals surface area (Å²) in [4.78, 5) is 7.33. The van der Waals surface area contributed by atoms with E-state index in [2.05, 4.69) is 36.3 Å². The van der Waals surface area contributed by atoms with Gasteiger partial charge in [-0.15, -0.1) is 0 Å². The zero-order valence-electron chi connectivity index (χ0n) is 13.3. The van der Waals surface area contributed by atoms with Gasteiger partial charge in [-0.25, -0.2) is 4.98 Å². The number of nitrogens with two attached hydrogens (primary N) is 1. The van der Waals surface area contributed by atoms with Crippen LogP contribution in [-0.2, 0) is 13.0 Å². The Hall–Kier alpha value is -1.55. The van der Waals surface area contributed by atoms with E-state index in [0.717, 1.165) is 30.1 Å². The van der Waals surface area contributed by atoms with Gasteiger partial charge in [0.25, 0.3) is 0 Å². The lowest BCUT2D eigenvalue weighted by atomic mass is 10.1. The van der Waals surface area contributed by atoms with E-state index < -0.39 is 0 Å². The first kappa shape index (κ1) is 14.4. The second kappa shape index (κ2) is 5.68. The molecule has 21 heavy (non-hydrogen) atoms. The van der Waals surface area contributed by atoms with Crippen LogP contribution in [0.2, 0.25) is 0 Å². The van der Waals surface area contributed by atoms with Gasteiger partial charge >= 0.3 is 0 Å². The number of hydrogen-bond acceptors (Lipinski definition) is 3. The summed E-state index contributed by atoms with van der Waals surface area (Å²) in [6, 6.07) is 6.74. The van der Waals surface area contributed by atoms with Crippen molar-refractivity contribution in [3.63, 3.8) is 0 Å². The van der Waals surface area contributed by atoms with Crippen molar-refractivity contribution in [1.82, 2.24) is 14.5 Å². The van der Waals surface area contributed by atoms with E-state index in [9.17, 15) is 0 Å². The van der Waals surface area contributed by atoms with Gasteiger partial charge in [0.05, 0.1) is 11.0 Å². The van der Waals surface area contributed by atoms with E-state index in [-0.39, 0.29) is 0 Å². The molecule has 1 aliphatic rings. The van der Waals surface area contributed by atoms with Crippen LogP contribution >= 0.6 is 0 Å². The number of nitrogens with zero attached hydrogens (tertiary/aromatic N) is 3. The van der Waals surface area contributed by atoms with E-state index in [1.165, 1.54) is 30.9 Å². The first-order valence-electron chi connectivity index (χ1n) is 8.07. The summed E-state index contributed by atoms with van der Waals surface area (Å²) in [5, 5.41) is 0. The lowest BCUT2D eigenvalue weighted by Crippen LogP contribution is -2.28. The van der Waals surface area contributed by atoms with Gasteiger partial charge in [0, 0.05) is 31.2 Å². The molecular weight excluding hydrogens is 260 g/mol.